The molecule has 0 saturated heterocycles. The van der Waals surface area contributed by atoms with Crippen LogP contribution in [0, 0.1) is 5.82 Å². The molecule has 1 amide bonds. The molecular weight excluding hydrogens is 443 g/mol. The van der Waals surface area contributed by atoms with Crippen LogP contribution in [0.25, 0.3) is 0 Å². The molecule has 162 valence electrons. The first kappa shape index (κ1) is 22.7. The highest BCUT2D eigenvalue weighted by molar-refractivity contribution is 7.92. The highest BCUT2D eigenvalue weighted by Crippen LogP contribution is 2.26. The molecule has 0 spiro atoms. The Morgan fingerprint density at radius 2 is 1.74 bits per heavy atom. The number of hydrogen-bond donors (Lipinski definition) is 2. The van der Waals surface area contributed by atoms with Gasteiger partial charge in [-0.2, -0.15) is 0 Å². The Labute approximate surface area is 185 Å². The van der Waals surface area contributed by atoms with Crippen molar-refractivity contribution in [3.8, 4) is 0 Å². The molecule has 3 aromatic rings. The molecule has 3 rings (SSSR count). The van der Waals surface area contributed by atoms with Crippen LogP contribution in [0.3, 0.4) is 0 Å². The van der Waals surface area contributed by atoms with Crippen LogP contribution in [0.4, 0.5) is 10.1 Å². The summed E-state index contributed by atoms with van der Waals surface area (Å²) in [4.78, 5) is 12.4. The van der Waals surface area contributed by atoms with Crippen LogP contribution in [-0.2, 0) is 10.0 Å². The molecule has 0 bridgehead atoms. The Kier molecular flexibility index (Phi) is 6.94. The second-order valence-electron chi connectivity index (χ2n) is 6.73. The molecule has 1 atom stereocenters. The Balaban J connectivity index is 1.80. The summed E-state index contributed by atoms with van der Waals surface area (Å²) < 4.78 is 40.1. The van der Waals surface area contributed by atoms with Gasteiger partial charge in [-0.3, -0.25) is 9.10 Å². The SMILES string of the molecule is CN(c1ccc(F)cc1)S(=O)(=O)c1ccc(Cl)c(C(=O)NCC(O)c2ccccc2)c1. The fraction of sp³-hybridized carbons (Fsp3) is 0.136. The Bertz CT molecular complexity index is 1170. The quantitative estimate of drug-likeness (QED) is 0.559. The maximum Gasteiger partial charge on any atom is 0.264 e. The number of anilines is 1. The van der Waals surface area contributed by atoms with Crippen LogP contribution in [0.1, 0.15) is 22.0 Å². The van der Waals surface area contributed by atoms with E-state index in [0.717, 1.165) is 16.4 Å². The minimum atomic E-state index is -4.03. The molecule has 0 aliphatic rings. The number of carbonyl (C=O) groups excluding carboxylic acids is 1. The number of rotatable bonds is 7. The average molecular weight is 463 g/mol. The standard InChI is InChI=1S/C22H20ClFN2O4S/c1-26(17-9-7-16(24)8-10-17)31(29,30)18-11-12-20(23)19(13-18)22(28)25-14-21(27)15-5-3-2-4-6-15/h2-13,21,27H,14H2,1H3,(H,25,28). The summed E-state index contributed by atoms with van der Waals surface area (Å²) in [5.41, 5.74) is 0.843. The zero-order valence-corrected chi connectivity index (χ0v) is 18.1. The van der Waals surface area contributed by atoms with E-state index in [1.54, 1.807) is 24.3 Å². The number of amides is 1. The third kappa shape index (κ3) is 5.22. The third-order valence-electron chi connectivity index (χ3n) is 4.67. The molecule has 0 radical (unpaired) electrons. The van der Waals surface area contributed by atoms with Gasteiger partial charge in [-0.15, -0.1) is 0 Å². The smallest absolute Gasteiger partial charge is 0.264 e. The molecule has 0 fully saturated rings. The fourth-order valence-electron chi connectivity index (χ4n) is 2.86. The number of sulfonamides is 1. The minimum absolute atomic E-state index is 0.0458. The van der Waals surface area contributed by atoms with E-state index in [4.69, 9.17) is 11.6 Å². The first-order chi connectivity index (χ1) is 14.7. The van der Waals surface area contributed by atoms with E-state index in [0.29, 0.717) is 5.56 Å². The monoisotopic (exact) mass is 462 g/mol. The molecule has 0 aliphatic heterocycles. The fourth-order valence-corrected chi connectivity index (χ4v) is 4.29. The second kappa shape index (κ2) is 9.47. The molecule has 6 nitrogen and oxygen atoms in total. The highest BCUT2D eigenvalue weighted by Gasteiger charge is 2.24. The minimum Gasteiger partial charge on any atom is -0.387 e. The van der Waals surface area contributed by atoms with Crippen LogP contribution in [0.2, 0.25) is 5.02 Å². The molecule has 0 heterocycles. The number of hydrogen-bond acceptors (Lipinski definition) is 4. The zero-order chi connectivity index (χ0) is 22.6. The van der Waals surface area contributed by atoms with E-state index in [1.807, 2.05) is 6.07 Å². The van der Waals surface area contributed by atoms with E-state index >= 15 is 0 Å². The van der Waals surface area contributed by atoms with Crippen molar-refractivity contribution in [1.29, 1.82) is 0 Å². The Morgan fingerprint density at radius 3 is 2.39 bits per heavy atom. The van der Waals surface area contributed by atoms with Gasteiger partial charge in [0, 0.05) is 13.6 Å². The van der Waals surface area contributed by atoms with Gasteiger partial charge in [-0.25, -0.2) is 12.8 Å². The predicted octanol–water partition coefficient (Wildman–Crippen LogP) is 3.77. The van der Waals surface area contributed by atoms with Crippen LogP contribution >= 0.6 is 11.6 Å². The maximum atomic E-state index is 13.1. The molecule has 0 aromatic heterocycles. The van der Waals surface area contributed by atoms with Gasteiger partial charge in [0.25, 0.3) is 15.9 Å². The third-order valence-corrected chi connectivity index (χ3v) is 6.78. The van der Waals surface area contributed by atoms with Crippen LogP contribution in [-0.4, -0.2) is 33.0 Å². The number of nitrogens with zero attached hydrogens (tertiary/aromatic N) is 1. The van der Waals surface area contributed by atoms with Gasteiger partial charge in [0.2, 0.25) is 0 Å². The molecular formula is C22H20ClFN2O4S. The lowest BCUT2D eigenvalue weighted by Gasteiger charge is -2.20. The second-order valence-corrected chi connectivity index (χ2v) is 9.10. The van der Waals surface area contributed by atoms with E-state index < -0.39 is 27.9 Å². The van der Waals surface area contributed by atoms with Crippen molar-refractivity contribution < 1.29 is 22.7 Å². The van der Waals surface area contributed by atoms with Crippen molar-refractivity contribution in [1.82, 2.24) is 5.32 Å². The summed E-state index contributed by atoms with van der Waals surface area (Å²) in [7, 11) is -2.70. The number of aliphatic hydroxyl groups excluding tert-OH is 1. The van der Waals surface area contributed by atoms with Gasteiger partial charge < -0.3 is 10.4 Å². The number of benzene rings is 3. The zero-order valence-electron chi connectivity index (χ0n) is 16.5. The van der Waals surface area contributed by atoms with Gasteiger partial charge in [0.05, 0.1) is 27.3 Å². The molecule has 9 heteroatoms. The molecule has 2 N–H and O–H groups in total. The van der Waals surface area contributed by atoms with Crippen LogP contribution in [0.5, 0.6) is 0 Å². The average Bonchev–Trinajstić information content (AvgIpc) is 2.78. The van der Waals surface area contributed by atoms with Gasteiger partial charge in [-0.05, 0) is 48.0 Å². The molecule has 3 aromatic carbocycles. The maximum absolute atomic E-state index is 13.1. The molecule has 0 saturated carbocycles. The van der Waals surface area contributed by atoms with Crippen molar-refractivity contribution in [2.24, 2.45) is 0 Å². The van der Waals surface area contributed by atoms with E-state index in [2.05, 4.69) is 5.32 Å². The van der Waals surface area contributed by atoms with Gasteiger partial charge >= 0.3 is 0 Å². The molecule has 0 aliphatic carbocycles. The Morgan fingerprint density at radius 1 is 1.10 bits per heavy atom. The lowest BCUT2D eigenvalue weighted by atomic mass is 10.1. The van der Waals surface area contributed by atoms with E-state index in [9.17, 15) is 22.7 Å². The van der Waals surface area contributed by atoms with Crippen molar-refractivity contribution in [3.63, 3.8) is 0 Å². The number of halogens is 2. The number of nitrogens with one attached hydrogen (secondary N) is 1. The van der Waals surface area contributed by atoms with E-state index in [1.165, 1.54) is 37.4 Å². The molecule has 1 unspecified atom stereocenters. The highest BCUT2D eigenvalue weighted by atomic mass is 35.5. The van der Waals surface area contributed by atoms with E-state index in [-0.39, 0.29) is 27.7 Å². The Hall–Kier alpha value is -2.94. The largest absolute Gasteiger partial charge is 0.387 e. The number of carbonyl (C=O) groups is 1. The predicted molar refractivity (Wildman–Crippen MR) is 117 cm³/mol. The van der Waals surface area contributed by atoms with Gasteiger partial charge in [-0.1, -0.05) is 41.9 Å². The summed E-state index contributed by atoms with van der Waals surface area (Å²) in [6, 6.07) is 17.5. The number of aliphatic hydroxyl groups is 1. The first-order valence-corrected chi connectivity index (χ1v) is 11.1. The lowest BCUT2D eigenvalue weighted by Crippen LogP contribution is -2.30. The summed E-state index contributed by atoms with van der Waals surface area (Å²) in [6.07, 6.45) is -0.930. The van der Waals surface area contributed by atoms with Crippen molar-refractivity contribution in [2.75, 3.05) is 17.9 Å². The summed E-state index contributed by atoms with van der Waals surface area (Å²) in [5, 5.41) is 12.8. The topological polar surface area (TPSA) is 86.7 Å². The van der Waals surface area contributed by atoms with Crippen molar-refractivity contribution in [2.45, 2.75) is 11.0 Å². The van der Waals surface area contributed by atoms with Crippen LogP contribution in [0.15, 0.2) is 77.7 Å². The first-order valence-electron chi connectivity index (χ1n) is 9.25. The van der Waals surface area contributed by atoms with Gasteiger partial charge in [0.15, 0.2) is 0 Å². The van der Waals surface area contributed by atoms with Gasteiger partial charge in [0.1, 0.15) is 5.82 Å². The van der Waals surface area contributed by atoms with Crippen molar-refractivity contribution >= 4 is 33.2 Å². The summed E-state index contributed by atoms with van der Waals surface area (Å²) in [5.74, 6) is -1.11. The van der Waals surface area contributed by atoms with Crippen molar-refractivity contribution in [3.05, 3.63) is 94.8 Å². The molecule has 31 heavy (non-hydrogen) atoms. The summed E-state index contributed by atoms with van der Waals surface area (Å²) in [6.45, 7) is -0.0777. The van der Waals surface area contributed by atoms with Crippen LogP contribution < -0.4 is 9.62 Å². The summed E-state index contributed by atoms with van der Waals surface area (Å²) >= 11 is 6.11. The normalized spacial score (nSPS) is 12.3. The lowest BCUT2D eigenvalue weighted by molar-refractivity contribution is 0.0916.